The summed E-state index contributed by atoms with van der Waals surface area (Å²) in [5, 5.41) is 7.99. The van der Waals surface area contributed by atoms with Crippen molar-refractivity contribution in [1.82, 2.24) is 30.0 Å². The molecule has 4 heterocycles. The number of amides is 1. The predicted octanol–water partition coefficient (Wildman–Crippen LogP) is 2.89. The molecule has 2 N–H and O–H groups in total. The van der Waals surface area contributed by atoms with Gasteiger partial charge in [0, 0.05) is 38.0 Å². The van der Waals surface area contributed by atoms with Crippen molar-refractivity contribution in [3.63, 3.8) is 0 Å². The number of fused-ring (bicyclic) bond motifs is 2. The maximum absolute atomic E-state index is 14.7. The molecule has 1 amide bonds. The van der Waals surface area contributed by atoms with Crippen LogP contribution in [-0.4, -0.2) is 62.1 Å². The molecule has 2 aromatic carbocycles. The van der Waals surface area contributed by atoms with Crippen molar-refractivity contribution in [2.24, 2.45) is 0 Å². The molecule has 1 aliphatic heterocycles. The molecule has 0 unspecified atom stereocenters. The number of aromatic nitrogens is 5. The van der Waals surface area contributed by atoms with Gasteiger partial charge in [0.15, 0.2) is 5.65 Å². The van der Waals surface area contributed by atoms with Crippen LogP contribution >= 0.6 is 0 Å². The molecule has 3 aromatic heterocycles. The molecule has 0 atom stereocenters. The summed E-state index contributed by atoms with van der Waals surface area (Å²) in [4.78, 5) is 40.7. The monoisotopic (exact) mass is 483 g/mol. The van der Waals surface area contributed by atoms with Crippen molar-refractivity contribution >= 4 is 33.5 Å². The van der Waals surface area contributed by atoms with E-state index in [0.29, 0.717) is 49.3 Å². The smallest absolute Gasteiger partial charge is 0.272 e. The van der Waals surface area contributed by atoms with Gasteiger partial charge in [-0.3, -0.25) is 9.59 Å². The van der Waals surface area contributed by atoms with Gasteiger partial charge in [-0.15, -0.1) is 0 Å². The Labute approximate surface area is 204 Å². The average Bonchev–Trinajstić information content (AvgIpc) is 3.39. The van der Waals surface area contributed by atoms with Crippen molar-refractivity contribution in [3.8, 4) is 0 Å². The lowest BCUT2D eigenvalue weighted by molar-refractivity contribution is 0.0742. The number of pyridine rings is 1. The largest absolute Gasteiger partial charge is 0.367 e. The Balaban J connectivity index is 1.19. The molecule has 0 saturated carbocycles. The Kier molecular flexibility index (Phi) is 5.40. The number of benzene rings is 2. The number of hydrogen-bond donors (Lipinski definition) is 2. The van der Waals surface area contributed by atoms with E-state index < -0.39 is 5.82 Å². The van der Waals surface area contributed by atoms with E-state index in [1.165, 1.54) is 6.07 Å². The number of nitrogens with one attached hydrogen (secondary N) is 2. The van der Waals surface area contributed by atoms with E-state index in [1.807, 2.05) is 18.2 Å². The first-order valence-electron chi connectivity index (χ1n) is 11.6. The second-order valence-corrected chi connectivity index (χ2v) is 8.78. The fourth-order valence-electron chi connectivity index (χ4n) is 4.68. The zero-order valence-corrected chi connectivity index (χ0v) is 19.2. The van der Waals surface area contributed by atoms with Gasteiger partial charge in [0.25, 0.3) is 11.5 Å². The number of imidazole rings is 1. The van der Waals surface area contributed by atoms with E-state index >= 15 is 0 Å². The van der Waals surface area contributed by atoms with Gasteiger partial charge in [-0.2, -0.15) is 5.10 Å². The van der Waals surface area contributed by atoms with E-state index in [4.69, 9.17) is 0 Å². The molecule has 9 nitrogen and oxygen atoms in total. The van der Waals surface area contributed by atoms with E-state index in [2.05, 4.69) is 30.0 Å². The topological polar surface area (TPSA) is 111 Å². The summed E-state index contributed by atoms with van der Waals surface area (Å²) in [6.45, 7) is 2.16. The molecule has 0 radical (unpaired) electrons. The standard InChI is InChI=1S/C26H22FN7O2/c27-21-6-5-16(12-22-18-3-1-2-4-19(18)25(35)32-31-22)11-20(21)26(36)34-9-7-33(8-10-34)17-13-23-24(28-14-17)30-15-29-23/h1-6,11,13-15H,7-10,12H2,(H,32,35)(H,28,29,30). The molecular formula is C26H22FN7O2. The van der Waals surface area contributed by atoms with Gasteiger partial charge in [0.05, 0.1) is 40.4 Å². The van der Waals surface area contributed by atoms with Crippen LogP contribution in [0.15, 0.2) is 65.8 Å². The van der Waals surface area contributed by atoms with Crippen molar-refractivity contribution in [1.29, 1.82) is 0 Å². The van der Waals surface area contributed by atoms with Crippen LogP contribution in [0.5, 0.6) is 0 Å². The fourth-order valence-corrected chi connectivity index (χ4v) is 4.68. The molecule has 180 valence electrons. The summed E-state index contributed by atoms with van der Waals surface area (Å²) in [5.41, 5.74) is 3.64. The number of halogens is 1. The summed E-state index contributed by atoms with van der Waals surface area (Å²) in [6.07, 6.45) is 3.74. The first-order valence-corrected chi connectivity index (χ1v) is 11.6. The minimum Gasteiger partial charge on any atom is -0.367 e. The first kappa shape index (κ1) is 21.9. The molecule has 0 spiro atoms. The Hall–Kier alpha value is -4.60. The number of rotatable bonds is 4. The normalized spacial score (nSPS) is 14.0. The lowest BCUT2D eigenvalue weighted by atomic mass is 10.0. The van der Waals surface area contributed by atoms with E-state index in [0.717, 1.165) is 22.2 Å². The van der Waals surface area contributed by atoms with Crippen LogP contribution in [0.3, 0.4) is 0 Å². The Morgan fingerprint density at radius 3 is 2.64 bits per heavy atom. The first-order chi connectivity index (χ1) is 17.6. The van der Waals surface area contributed by atoms with Crippen LogP contribution in [0, 0.1) is 5.82 Å². The number of carbonyl (C=O) groups excluding carboxylic acids is 1. The van der Waals surface area contributed by atoms with Crippen LogP contribution in [0.1, 0.15) is 21.6 Å². The number of hydrogen-bond acceptors (Lipinski definition) is 6. The lowest BCUT2D eigenvalue weighted by Gasteiger charge is -2.36. The second-order valence-electron chi connectivity index (χ2n) is 8.78. The van der Waals surface area contributed by atoms with Gasteiger partial charge in [0.2, 0.25) is 0 Å². The molecule has 1 fully saturated rings. The van der Waals surface area contributed by atoms with Crippen LogP contribution in [-0.2, 0) is 6.42 Å². The minimum atomic E-state index is -0.556. The molecule has 6 rings (SSSR count). The molecule has 1 aliphatic rings. The van der Waals surface area contributed by atoms with E-state index in [-0.39, 0.29) is 17.0 Å². The average molecular weight is 484 g/mol. The highest BCUT2D eigenvalue weighted by Gasteiger charge is 2.25. The quantitative estimate of drug-likeness (QED) is 0.407. The van der Waals surface area contributed by atoms with Gasteiger partial charge >= 0.3 is 0 Å². The molecule has 5 aromatic rings. The third-order valence-electron chi connectivity index (χ3n) is 6.60. The molecule has 0 aliphatic carbocycles. The Bertz CT molecular complexity index is 1650. The van der Waals surface area contributed by atoms with Gasteiger partial charge in [0.1, 0.15) is 5.82 Å². The molecule has 10 heteroatoms. The molecule has 1 saturated heterocycles. The molecule has 36 heavy (non-hydrogen) atoms. The highest BCUT2D eigenvalue weighted by molar-refractivity contribution is 5.95. The van der Waals surface area contributed by atoms with Gasteiger partial charge in [-0.1, -0.05) is 24.3 Å². The number of nitrogens with zero attached hydrogens (tertiary/aromatic N) is 5. The predicted molar refractivity (Wildman–Crippen MR) is 134 cm³/mol. The summed E-state index contributed by atoms with van der Waals surface area (Å²) >= 11 is 0. The van der Waals surface area contributed by atoms with Gasteiger partial charge in [-0.05, 0) is 29.8 Å². The van der Waals surface area contributed by atoms with Crippen LogP contribution in [0.25, 0.3) is 21.9 Å². The van der Waals surface area contributed by atoms with Gasteiger partial charge in [-0.25, -0.2) is 19.5 Å². The summed E-state index contributed by atoms with van der Waals surface area (Å²) in [7, 11) is 0. The van der Waals surface area contributed by atoms with E-state index in [9.17, 15) is 14.0 Å². The second kappa shape index (κ2) is 8.88. The highest BCUT2D eigenvalue weighted by atomic mass is 19.1. The Morgan fingerprint density at radius 2 is 1.81 bits per heavy atom. The zero-order valence-electron chi connectivity index (χ0n) is 19.2. The fraction of sp³-hybridized carbons (Fsp3) is 0.192. The van der Waals surface area contributed by atoms with Crippen molar-refractivity contribution in [2.45, 2.75) is 6.42 Å². The summed E-state index contributed by atoms with van der Waals surface area (Å²) < 4.78 is 14.7. The SMILES string of the molecule is O=C(c1cc(Cc2n[nH]c(=O)c3ccccc23)ccc1F)N1CCN(c2cnc3nc[nH]c3c2)CC1. The number of carbonyl (C=O) groups is 1. The van der Waals surface area contributed by atoms with Crippen LogP contribution in [0.2, 0.25) is 0 Å². The minimum absolute atomic E-state index is 0.0372. The maximum Gasteiger partial charge on any atom is 0.272 e. The Morgan fingerprint density at radius 1 is 1.00 bits per heavy atom. The number of anilines is 1. The number of H-pyrrole nitrogens is 2. The number of aromatic amines is 2. The third kappa shape index (κ3) is 3.96. The van der Waals surface area contributed by atoms with Crippen LogP contribution < -0.4 is 10.5 Å². The number of piperazine rings is 1. The maximum atomic E-state index is 14.7. The summed E-state index contributed by atoms with van der Waals surface area (Å²) in [5.74, 6) is -0.894. The van der Waals surface area contributed by atoms with Crippen molar-refractivity contribution in [3.05, 3.63) is 94.0 Å². The summed E-state index contributed by atoms with van der Waals surface area (Å²) in [6, 6.07) is 13.7. The third-order valence-corrected chi connectivity index (χ3v) is 6.60. The molecule has 0 bridgehead atoms. The lowest BCUT2D eigenvalue weighted by Crippen LogP contribution is -2.49. The van der Waals surface area contributed by atoms with E-state index in [1.54, 1.807) is 41.7 Å². The zero-order chi connectivity index (χ0) is 24.6. The van der Waals surface area contributed by atoms with Gasteiger partial charge < -0.3 is 14.8 Å². The van der Waals surface area contributed by atoms with Crippen molar-refractivity contribution in [2.75, 3.05) is 31.1 Å². The van der Waals surface area contributed by atoms with Crippen molar-refractivity contribution < 1.29 is 9.18 Å². The molecular weight excluding hydrogens is 461 g/mol. The van der Waals surface area contributed by atoms with Crippen LogP contribution in [0.4, 0.5) is 10.1 Å². The highest BCUT2D eigenvalue weighted by Crippen LogP contribution is 2.22.